The molecule has 5 heteroatoms. The summed E-state index contributed by atoms with van der Waals surface area (Å²) in [6.07, 6.45) is 3.61. The number of nitrogens with zero attached hydrogens (tertiary/aromatic N) is 4. The number of piperazine rings is 1. The molecule has 2 aliphatic rings. The average Bonchev–Trinajstić information content (AvgIpc) is 3.22. The van der Waals surface area contributed by atoms with Gasteiger partial charge >= 0.3 is 0 Å². The lowest BCUT2D eigenvalue weighted by molar-refractivity contribution is 0.247. The Kier molecular flexibility index (Phi) is 3.39. The van der Waals surface area contributed by atoms with Crippen LogP contribution in [0.4, 0.5) is 5.82 Å². The van der Waals surface area contributed by atoms with E-state index in [1.54, 1.807) is 0 Å². The number of aryl methyl sites for hydroxylation is 1. The van der Waals surface area contributed by atoms with Gasteiger partial charge in [-0.1, -0.05) is 18.5 Å². The Bertz CT molecular complexity index is 425. The van der Waals surface area contributed by atoms with E-state index in [1.165, 1.54) is 12.8 Å². The first kappa shape index (κ1) is 12.2. The Balaban J connectivity index is 1.69. The third-order valence-corrected chi connectivity index (χ3v) is 3.94. The van der Waals surface area contributed by atoms with E-state index in [0.717, 1.165) is 50.3 Å². The predicted molar refractivity (Wildman–Crippen MR) is 73.2 cm³/mol. The molecule has 3 rings (SSSR count). The van der Waals surface area contributed by atoms with E-state index in [2.05, 4.69) is 26.7 Å². The van der Waals surface area contributed by atoms with Crippen molar-refractivity contribution < 1.29 is 0 Å². The normalized spacial score (nSPS) is 21.3. The fourth-order valence-electron chi connectivity index (χ4n) is 2.53. The predicted octanol–water partition coefficient (Wildman–Crippen LogP) is 1.98. The molecule has 1 aromatic heterocycles. The van der Waals surface area contributed by atoms with Crippen LogP contribution in [0.2, 0.25) is 5.15 Å². The summed E-state index contributed by atoms with van der Waals surface area (Å²) in [5.41, 5.74) is 0. The van der Waals surface area contributed by atoms with Crippen molar-refractivity contribution >= 4 is 17.4 Å². The second kappa shape index (κ2) is 5.02. The molecule has 2 fully saturated rings. The van der Waals surface area contributed by atoms with E-state index < -0.39 is 0 Å². The van der Waals surface area contributed by atoms with Crippen LogP contribution in [0.1, 0.15) is 25.6 Å². The molecule has 1 aliphatic carbocycles. The lowest BCUT2D eigenvalue weighted by Crippen LogP contribution is -2.47. The van der Waals surface area contributed by atoms with Gasteiger partial charge < -0.3 is 4.90 Å². The first-order chi connectivity index (χ1) is 8.76. The molecular weight excluding hydrogens is 248 g/mol. The SMILES string of the molecule is CCc1nc(Cl)cc(N2CCN(C3CC3)CC2)n1. The highest BCUT2D eigenvalue weighted by atomic mass is 35.5. The Morgan fingerprint density at radius 3 is 2.56 bits per heavy atom. The van der Waals surface area contributed by atoms with Crippen LogP contribution in [0.25, 0.3) is 0 Å². The molecule has 0 amide bonds. The van der Waals surface area contributed by atoms with Gasteiger partial charge in [-0.2, -0.15) is 0 Å². The Hall–Kier alpha value is -0.870. The maximum absolute atomic E-state index is 6.05. The van der Waals surface area contributed by atoms with Crippen LogP contribution in [-0.2, 0) is 6.42 Å². The van der Waals surface area contributed by atoms with Crippen molar-refractivity contribution in [2.75, 3.05) is 31.1 Å². The number of halogens is 1. The van der Waals surface area contributed by atoms with Gasteiger partial charge in [-0.25, -0.2) is 9.97 Å². The Morgan fingerprint density at radius 1 is 1.22 bits per heavy atom. The van der Waals surface area contributed by atoms with Gasteiger partial charge in [0.2, 0.25) is 0 Å². The van der Waals surface area contributed by atoms with E-state index in [0.29, 0.717) is 5.15 Å². The molecule has 0 radical (unpaired) electrons. The summed E-state index contributed by atoms with van der Waals surface area (Å²) in [6, 6.07) is 2.75. The molecule has 98 valence electrons. The zero-order chi connectivity index (χ0) is 12.5. The van der Waals surface area contributed by atoms with Crippen molar-refractivity contribution in [2.45, 2.75) is 32.2 Å². The van der Waals surface area contributed by atoms with E-state index >= 15 is 0 Å². The van der Waals surface area contributed by atoms with Crippen molar-refractivity contribution in [3.63, 3.8) is 0 Å². The maximum Gasteiger partial charge on any atom is 0.134 e. The summed E-state index contributed by atoms with van der Waals surface area (Å²) >= 11 is 6.05. The zero-order valence-corrected chi connectivity index (χ0v) is 11.5. The van der Waals surface area contributed by atoms with Gasteiger partial charge in [0.15, 0.2) is 0 Å². The van der Waals surface area contributed by atoms with Crippen molar-refractivity contribution in [1.82, 2.24) is 14.9 Å². The largest absolute Gasteiger partial charge is 0.354 e. The van der Waals surface area contributed by atoms with Gasteiger partial charge in [0.25, 0.3) is 0 Å². The lowest BCUT2D eigenvalue weighted by atomic mass is 10.3. The van der Waals surface area contributed by atoms with Gasteiger partial charge in [0, 0.05) is 44.7 Å². The molecule has 0 atom stereocenters. The first-order valence-corrected chi connectivity index (χ1v) is 7.16. The molecule has 1 saturated heterocycles. The zero-order valence-electron chi connectivity index (χ0n) is 10.8. The number of hydrogen-bond donors (Lipinski definition) is 0. The second-order valence-corrected chi connectivity index (χ2v) is 5.46. The van der Waals surface area contributed by atoms with E-state index in [4.69, 9.17) is 11.6 Å². The van der Waals surface area contributed by atoms with E-state index in [1.807, 2.05) is 6.07 Å². The highest BCUT2D eigenvalue weighted by Crippen LogP contribution is 2.28. The highest BCUT2D eigenvalue weighted by Gasteiger charge is 2.31. The van der Waals surface area contributed by atoms with E-state index in [9.17, 15) is 0 Å². The number of anilines is 1. The van der Waals surface area contributed by atoms with E-state index in [-0.39, 0.29) is 0 Å². The monoisotopic (exact) mass is 266 g/mol. The fraction of sp³-hybridized carbons (Fsp3) is 0.692. The molecule has 0 N–H and O–H groups in total. The van der Waals surface area contributed by atoms with Crippen LogP contribution in [-0.4, -0.2) is 47.1 Å². The van der Waals surface area contributed by atoms with Crippen LogP contribution in [0.15, 0.2) is 6.07 Å². The van der Waals surface area contributed by atoms with Crippen molar-refractivity contribution in [3.8, 4) is 0 Å². The Labute approximate surface area is 113 Å². The Morgan fingerprint density at radius 2 is 1.94 bits per heavy atom. The number of rotatable bonds is 3. The fourth-order valence-corrected chi connectivity index (χ4v) is 2.72. The third kappa shape index (κ3) is 2.59. The minimum absolute atomic E-state index is 0.557. The molecule has 1 saturated carbocycles. The molecule has 4 nitrogen and oxygen atoms in total. The van der Waals surface area contributed by atoms with Gasteiger partial charge in [0.05, 0.1) is 0 Å². The van der Waals surface area contributed by atoms with Crippen LogP contribution < -0.4 is 4.90 Å². The summed E-state index contributed by atoms with van der Waals surface area (Å²) in [7, 11) is 0. The quantitative estimate of drug-likeness (QED) is 0.783. The summed E-state index contributed by atoms with van der Waals surface area (Å²) in [4.78, 5) is 13.7. The summed E-state index contributed by atoms with van der Waals surface area (Å²) in [6.45, 7) is 6.45. The maximum atomic E-state index is 6.05. The van der Waals surface area contributed by atoms with Crippen molar-refractivity contribution in [2.24, 2.45) is 0 Å². The highest BCUT2D eigenvalue weighted by molar-refractivity contribution is 6.29. The summed E-state index contributed by atoms with van der Waals surface area (Å²) in [5, 5.41) is 0.557. The second-order valence-electron chi connectivity index (χ2n) is 5.07. The minimum Gasteiger partial charge on any atom is -0.354 e. The smallest absolute Gasteiger partial charge is 0.134 e. The molecule has 1 aromatic rings. The standard InChI is InChI=1S/C13H19ClN4/c1-2-12-15-11(14)9-13(16-12)18-7-5-17(6-8-18)10-3-4-10/h9-10H,2-8H2,1H3. The van der Waals surface area contributed by atoms with Crippen molar-refractivity contribution in [1.29, 1.82) is 0 Å². The lowest BCUT2D eigenvalue weighted by Gasteiger charge is -2.35. The molecule has 2 heterocycles. The molecule has 0 unspecified atom stereocenters. The van der Waals surface area contributed by atoms with Crippen LogP contribution in [0, 0.1) is 0 Å². The van der Waals surface area contributed by atoms with Crippen LogP contribution in [0.3, 0.4) is 0 Å². The topological polar surface area (TPSA) is 32.3 Å². The van der Waals surface area contributed by atoms with Crippen LogP contribution in [0.5, 0.6) is 0 Å². The van der Waals surface area contributed by atoms with Crippen LogP contribution >= 0.6 is 11.6 Å². The first-order valence-electron chi connectivity index (χ1n) is 6.78. The van der Waals surface area contributed by atoms with Gasteiger partial charge in [-0.3, -0.25) is 4.90 Å². The van der Waals surface area contributed by atoms with Gasteiger partial charge in [-0.05, 0) is 12.8 Å². The molecule has 0 bridgehead atoms. The molecule has 0 aromatic carbocycles. The molecule has 0 spiro atoms. The molecule has 1 aliphatic heterocycles. The average molecular weight is 267 g/mol. The van der Waals surface area contributed by atoms with Crippen molar-refractivity contribution in [3.05, 3.63) is 17.0 Å². The number of hydrogen-bond acceptors (Lipinski definition) is 4. The van der Waals surface area contributed by atoms with Gasteiger partial charge in [-0.15, -0.1) is 0 Å². The number of aromatic nitrogens is 2. The summed E-state index contributed by atoms with van der Waals surface area (Å²) in [5.74, 6) is 1.82. The minimum atomic E-state index is 0.557. The molecular formula is C13H19ClN4. The van der Waals surface area contributed by atoms with Gasteiger partial charge in [0.1, 0.15) is 16.8 Å². The summed E-state index contributed by atoms with van der Waals surface area (Å²) < 4.78 is 0. The third-order valence-electron chi connectivity index (χ3n) is 3.75. The molecule has 18 heavy (non-hydrogen) atoms.